The maximum atomic E-state index is 13.8. The van der Waals surface area contributed by atoms with Crippen LogP contribution in [0, 0.1) is 11.6 Å². The minimum absolute atomic E-state index is 0.147. The van der Waals surface area contributed by atoms with Crippen LogP contribution in [0.1, 0.15) is 38.2 Å². The van der Waals surface area contributed by atoms with Gasteiger partial charge in [-0.15, -0.1) is 0 Å². The smallest absolute Gasteiger partial charge is 0.127 e. The number of hydrogen-bond acceptors (Lipinski definition) is 1. The summed E-state index contributed by atoms with van der Waals surface area (Å²) in [5.41, 5.74) is 6.08. The Morgan fingerprint density at radius 1 is 1.25 bits per heavy atom. The molecule has 0 aliphatic heterocycles. The fraction of sp³-hybridized carbons (Fsp3) is 0.538. The maximum Gasteiger partial charge on any atom is 0.127 e. The van der Waals surface area contributed by atoms with Gasteiger partial charge in [-0.1, -0.05) is 12.8 Å². The molecule has 2 rings (SSSR count). The zero-order valence-corrected chi connectivity index (χ0v) is 9.47. The van der Waals surface area contributed by atoms with Crippen molar-refractivity contribution >= 4 is 0 Å². The van der Waals surface area contributed by atoms with E-state index in [1.165, 1.54) is 12.1 Å². The van der Waals surface area contributed by atoms with Gasteiger partial charge in [0.05, 0.1) is 0 Å². The Morgan fingerprint density at radius 3 is 2.44 bits per heavy atom. The Morgan fingerprint density at radius 2 is 1.88 bits per heavy atom. The molecule has 16 heavy (non-hydrogen) atoms. The van der Waals surface area contributed by atoms with Gasteiger partial charge in [0.25, 0.3) is 0 Å². The first-order valence-electron chi connectivity index (χ1n) is 5.77. The Kier molecular flexibility index (Phi) is 2.98. The average molecular weight is 225 g/mol. The summed E-state index contributed by atoms with van der Waals surface area (Å²) in [5.74, 6) is -0.719. The number of rotatable bonds is 2. The van der Waals surface area contributed by atoms with Crippen molar-refractivity contribution in [2.45, 2.75) is 44.1 Å². The second-order valence-corrected chi connectivity index (χ2v) is 4.78. The van der Waals surface area contributed by atoms with E-state index in [1.54, 1.807) is 0 Å². The standard InChI is InChI=1S/C13H17F2N/c1-9(16)13(6-2-3-7-13)11-8-10(14)4-5-12(11)15/h4-5,8-9H,2-3,6-7,16H2,1H3. The Hall–Kier alpha value is -0.960. The van der Waals surface area contributed by atoms with E-state index in [2.05, 4.69) is 0 Å². The quantitative estimate of drug-likeness (QED) is 0.822. The van der Waals surface area contributed by atoms with Gasteiger partial charge < -0.3 is 5.73 Å². The van der Waals surface area contributed by atoms with Crippen LogP contribution in [0.4, 0.5) is 8.78 Å². The van der Waals surface area contributed by atoms with E-state index >= 15 is 0 Å². The van der Waals surface area contributed by atoms with Crippen LogP contribution in [-0.4, -0.2) is 6.04 Å². The summed E-state index contributed by atoms with van der Waals surface area (Å²) in [6.45, 7) is 1.88. The Balaban J connectivity index is 2.50. The van der Waals surface area contributed by atoms with Crippen LogP contribution in [0.5, 0.6) is 0 Å². The molecule has 0 amide bonds. The van der Waals surface area contributed by atoms with Gasteiger partial charge in [-0.05, 0) is 43.5 Å². The van der Waals surface area contributed by atoms with Gasteiger partial charge >= 0.3 is 0 Å². The summed E-state index contributed by atoms with van der Waals surface area (Å²) in [7, 11) is 0. The fourth-order valence-corrected chi connectivity index (χ4v) is 2.85. The third-order valence-corrected chi connectivity index (χ3v) is 3.83. The number of hydrogen-bond donors (Lipinski definition) is 1. The lowest BCUT2D eigenvalue weighted by atomic mass is 9.73. The van der Waals surface area contributed by atoms with Crippen molar-refractivity contribution < 1.29 is 8.78 Å². The minimum Gasteiger partial charge on any atom is -0.327 e. The van der Waals surface area contributed by atoms with Crippen molar-refractivity contribution in [1.29, 1.82) is 0 Å². The van der Waals surface area contributed by atoms with Crippen molar-refractivity contribution in [3.63, 3.8) is 0 Å². The molecule has 1 saturated carbocycles. The molecule has 0 aromatic heterocycles. The van der Waals surface area contributed by atoms with E-state index in [0.717, 1.165) is 31.7 Å². The molecule has 1 nitrogen and oxygen atoms in total. The van der Waals surface area contributed by atoms with Gasteiger partial charge in [-0.2, -0.15) is 0 Å². The second-order valence-electron chi connectivity index (χ2n) is 4.78. The van der Waals surface area contributed by atoms with Crippen LogP contribution in [0.2, 0.25) is 0 Å². The van der Waals surface area contributed by atoms with Gasteiger partial charge in [0.15, 0.2) is 0 Å². The lowest BCUT2D eigenvalue weighted by molar-refractivity contribution is 0.351. The molecule has 0 heterocycles. The first-order valence-corrected chi connectivity index (χ1v) is 5.77. The summed E-state index contributed by atoms with van der Waals surface area (Å²) in [6, 6.07) is 3.52. The third-order valence-electron chi connectivity index (χ3n) is 3.83. The molecule has 0 radical (unpaired) electrons. The van der Waals surface area contributed by atoms with Crippen LogP contribution < -0.4 is 5.73 Å². The van der Waals surface area contributed by atoms with Crippen molar-refractivity contribution in [2.24, 2.45) is 5.73 Å². The van der Waals surface area contributed by atoms with E-state index in [-0.39, 0.29) is 23.1 Å². The summed E-state index contributed by atoms with van der Waals surface area (Å²) >= 11 is 0. The van der Waals surface area contributed by atoms with Gasteiger partial charge in [-0.3, -0.25) is 0 Å². The van der Waals surface area contributed by atoms with Gasteiger partial charge in [0.2, 0.25) is 0 Å². The molecule has 1 aliphatic carbocycles. The van der Waals surface area contributed by atoms with Crippen LogP contribution in [0.15, 0.2) is 18.2 Å². The highest BCUT2D eigenvalue weighted by Gasteiger charge is 2.40. The molecule has 0 saturated heterocycles. The molecule has 3 heteroatoms. The molecule has 88 valence electrons. The van der Waals surface area contributed by atoms with Crippen molar-refractivity contribution in [3.05, 3.63) is 35.4 Å². The summed E-state index contributed by atoms with van der Waals surface area (Å²) in [6.07, 6.45) is 3.78. The number of halogens is 2. The molecular formula is C13H17F2N. The molecule has 1 aromatic carbocycles. The second kappa shape index (κ2) is 4.13. The normalized spacial score (nSPS) is 21.0. The van der Waals surface area contributed by atoms with E-state index in [4.69, 9.17) is 5.73 Å². The lowest BCUT2D eigenvalue weighted by Crippen LogP contribution is -2.42. The van der Waals surface area contributed by atoms with Gasteiger partial charge in [0, 0.05) is 11.5 Å². The molecule has 1 aromatic rings. The third kappa shape index (κ3) is 1.73. The first-order chi connectivity index (χ1) is 7.56. The highest BCUT2D eigenvalue weighted by Crippen LogP contribution is 2.44. The van der Waals surface area contributed by atoms with Gasteiger partial charge in [-0.25, -0.2) is 8.78 Å². The lowest BCUT2D eigenvalue weighted by Gasteiger charge is -2.34. The maximum absolute atomic E-state index is 13.8. The fourth-order valence-electron chi connectivity index (χ4n) is 2.85. The Labute approximate surface area is 94.7 Å². The number of benzene rings is 1. The first kappa shape index (κ1) is 11.5. The SMILES string of the molecule is CC(N)C1(c2cc(F)ccc2F)CCCC1. The molecule has 1 aliphatic rings. The topological polar surface area (TPSA) is 26.0 Å². The molecule has 1 unspecified atom stereocenters. The summed E-state index contributed by atoms with van der Waals surface area (Å²) < 4.78 is 27.0. The van der Waals surface area contributed by atoms with E-state index in [0.29, 0.717) is 5.56 Å². The Bertz CT molecular complexity index is 382. The van der Waals surface area contributed by atoms with Crippen molar-refractivity contribution in [3.8, 4) is 0 Å². The van der Waals surface area contributed by atoms with Crippen molar-refractivity contribution in [2.75, 3.05) is 0 Å². The molecule has 1 fully saturated rings. The molecular weight excluding hydrogens is 208 g/mol. The van der Waals surface area contributed by atoms with E-state index < -0.39 is 0 Å². The number of nitrogens with two attached hydrogens (primary N) is 1. The van der Waals surface area contributed by atoms with Crippen molar-refractivity contribution in [1.82, 2.24) is 0 Å². The van der Waals surface area contributed by atoms with Gasteiger partial charge in [0.1, 0.15) is 11.6 Å². The van der Waals surface area contributed by atoms with E-state index in [1.807, 2.05) is 6.92 Å². The summed E-state index contributed by atoms with van der Waals surface area (Å²) in [5, 5.41) is 0. The highest BCUT2D eigenvalue weighted by atomic mass is 19.1. The zero-order valence-electron chi connectivity index (χ0n) is 9.47. The molecule has 0 bridgehead atoms. The largest absolute Gasteiger partial charge is 0.327 e. The summed E-state index contributed by atoms with van der Waals surface area (Å²) in [4.78, 5) is 0. The zero-order chi connectivity index (χ0) is 11.8. The minimum atomic E-state index is -0.386. The van der Waals surface area contributed by atoms with E-state index in [9.17, 15) is 8.78 Å². The van der Waals surface area contributed by atoms with Crippen LogP contribution in [0.3, 0.4) is 0 Å². The highest BCUT2D eigenvalue weighted by molar-refractivity contribution is 5.31. The predicted molar refractivity (Wildman–Crippen MR) is 60.2 cm³/mol. The molecule has 2 N–H and O–H groups in total. The predicted octanol–water partition coefficient (Wildman–Crippen LogP) is 3.12. The van der Waals surface area contributed by atoms with Crippen LogP contribution in [-0.2, 0) is 5.41 Å². The molecule has 0 spiro atoms. The molecule has 1 atom stereocenters. The average Bonchev–Trinajstić information content (AvgIpc) is 2.71. The van der Waals surface area contributed by atoms with Crippen LogP contribution >= 0.6 is 0 Å². The monoisotopic (exact) mass is 225 g/mol. The van der Waals surface area contributed by atoms with Crippen LogP contribution in [0.25, 0.3) is 0 Å².